The normalized spacial score (nSPS) is 16.0. The van der Waals surface area contributed by atoms with Gasteiger partial charge in [-0.1, -0.05) is 11.6 Å². The molecule has 0 radical (unpaired) electrons. The minimum absolute atomic E-state index is 0.196. The summed E-state index contributed by atoms with van der Waals surface area (Å²) in [5.74, 6) is 0.637. The highest BCUT2D eigenvalue weighted by molar-refractivity contribution is 7.15. The van der Waals surface area contributed by atoms with Gasteiger partial charge in [0.15, 0.2) is 0 Å². The molecule has 3 N–H and O–H groups in total. The summed E-state index contributed by atoms with van der Waals surface area (Å²) in [4.78, 5) is 25.6. The SMILES string of the molecule is Cc1ccnc(Nc2cccc(-c3cnc(CNC=C4CCC(C(=O)O)CC4)s3)n2)c1. The second kappa shape index (κ2) is 9.70. The molecule has 7 nitrogen and oxygen atoms in total. The van der Waals surface area contributed by atoms with Gasteiger partial charge in [0.05, 0.1) is 23.0 Å². The molecule has 0 saturated heterocycles. The van der Waals surface area contributed by atoms with Gasteiger partial charge in [-0.25, -0.2) is 15.0 Å². The van der Waals surface area contributed by atoms with Crippen LogP contribution in [0.1, 0.15) is 36.3 Å². The summed E-state index contributed by atoms with van der Waals surface area (Å²) >= 11 is 1.61. The van der Waals surface area contributed by atoms with E-state index in [4.69, 9.17) is 10.1 Å². The zero-order chi connectivity index (χ0) is 21.6. The number of thiazole rings is 1. The average Bonchev–Trinajstić information content (AvgIpc) is 3.23. The lowest BCUT2D eigenvalue weighted by Gasteiger charge is -2.20. The molecule has 1 saturated carbocycles. The average molecular weight is 436 g/mol. The van der Waals surface area contributed by atoms with Gasteiger partial charge in [0.25, 0.3) is 0 Å². The molecule has 1 fully saturated rings. The van der Waals surface area contributed by atoms with E-state index in [0.717, 1.165) is 58.5 Å². The predicted octanol–water partition coefficient (Wildman–Crippen LogP) is 4.90. The van der Waals surface area contributed by atoms with Crippen LogP contribution in [0.2, 0.25) is 0 Å². The number of allylic oxidation sites excluding steroid dienone is 1. The van der Waals surface area contributed by atoms with Crippen molar-refractivity contribution in [3.63, 3.8) is 0 Å². The molecule has 0 unspecified atom stereocenters. The fourth-order valence-electron chi connectivity index (χ4n) is 3.55. The standard InChI is InChI=1S/C23H25N5O2S/c1-15-9-10-25-21(11-15)28-20-4-2-3-18(27-20)19-13-26-22(31-19)14-24-12-16-5-7-17(8-6-16)23(29)30/h2-4,9-13,17,24H,5-8,14H2,1H3,(H,29,30)(H,25,27,28). The maximum Gasteiger partial charge on any atom is 0.306 e. The number of carboxylic acids is 1. The number of carbonyl (C=O) groups is 1. The van der Waals surface area contributed by atoms with Gasteiger partial charge < -0.3 is 15.7 Å². The molecule has 0 aromatic carbocycles. The molecular weight excluding hydrogens is 410 g/mol. The Morgan fingerprint density at radius 3 is 2.84 bits per heavy atom. The van der Waals surface area contributed by atoms with Crippen molar-refractivity contribution in [2.45, 2.75) is 39.2 Å². The number of aliphatic carboxylic acids is 1. The highest BCUT2D eigenvalue weighted by atomic mass is 32.1. The molecule has 1 aliphatic carbocycles. The number of rotatable bonds is 7. The quantitative estimate of drug-likeness (QED) is 0.485. The van der Waals surface area contributed by atoms with Crippen molar-refractivity contribution < 1.29 is 9.90 Å². The minimum atomic E-state index is -0.676. The Balaban J connectivity index is 1.34. The van der Waals surface area contributed by atoms with Crippen molar-refractivity contribution in [1.29, 1.82) is 0 Å². The first-order valence-corrected chi connectivity index (χ1v) is 11.1. The minimum Gasteiger partial charge on any atom is -0.481 e. The van der Waals surface area contributed by atoms with Crippen LogP contribution in [0, 0.1) is 12.8 Å². The zero-order valence-electron chi connectivity index (χ0n) is 17.3. The maximum absolute atomic E-state index is 11.1. The number of aryl methyl sites for hydroxylation is 1. The van der Waals surface area contributed by atoms with Gasteiger partial charge in [0.2, 0.25) is 0 Å². The third-order valence-electron chi connectivity index (χ3n) is 5.26. The van der Waals surface area contributed by atoms with Crippen molar-refractivity contribution in [1.82, 2.24) is 20.3 Å². The Morgan fingerprint density at radius 1 is 1.23 bits per heavy atom. The summed E-state index contributed by atoms with van der Waals surface area (Å²) in [5.41, 5.74) is 3.28. The van der Waals surface area contributed by atoms with E-state index in [9.17, 15) is 4.79 Å². The van der Waals surface area contributed by atoms with Crippen LogP contribution >= 0.6 is 11.3 Å². The lowest BCUT2D eigenvalue weighted by atomic mass is 9.86. The van der Waals surface area contributed by atoms with Crippen molar-refractivity contribution in [3.05, 3.63) is 65.1 Å². The van der Waals surface area contributed by atoms with Gasteiger partial charge in [0, 0.05) is 12.4 Å². The summed E-state index contributed by atoms with van der Waals surface area (Å²) in [6, 6.07) is 9.80. The molecule has 0 amide bonds. The van der Waals surface area contributed by atoms with Crippen molar-refractivity contribution in [3.8, 4) is 10.6 Å². The van der Waals surface area contributed by atoms with Crippen LogP contribution in [0.5, 0.6) is 0 Å². The molecule has 4 rings (SSSR count). The van der Waals surface area contributed by atoms with Crippen LogP contribution in [0.4, 0.5) is 11.6 Å². The Labute approximate surface area is 185 Å². The summed E-state index contributed by atoms with van der Waals surface area (Å²) in [6.45, 7) is 2.67. The maximum atomic E-state index is 11.1. The van der Waals surface area contributed by atoms with E-state index < -0.39 is 5.97 Å². The Morgan fingerprint density at radius 2 is 2.06 bits per heavy atom. The largest absolute Gasteiger partial charge is 0.481 e. The van der Waals surface area contributed by atoms with Crippen LogP contribution in [0.3, 0.4) is 0 Å². The van der Waals surface area contributed by atoms with Crippen LogP contribution in [-0.4, -0.2) is 26.0 Å². The van der Waals surface area contributed by atoms with E-state index in [0.29, 0.717) is 6.54 Å². The summed E-state index contributed by atoms with van der Waals surface area (Å²) < 4.78 is 0. The fraction of sp³-hybridized carbons (Fsp3) is 0.304. The fourth-order valence-corrected chi connectivity index (χ4v) is 4.39. The Kier molecular flexibility index (Phi) is 6.57. The second-order valence-electron chi connectivity index (χ2n) is 7.67. The molecular formula is C23H25N5O2S. The van der Waals surface area contributed by atoms with Crippen LogP contribution in [0.15, 0.2) is 54.5 Å². The third-order valence-corrected chi connectivity index (χ3v) is 6.28. The Hall–Kier alpha value is -3.26. The first-order chi connectivity index (χ1) is 15.1. The number of carboxylic acid groups (broad SMARTS) is 1. The van der Waals surface area contributed by atoms with E-state index in [2.05, 4.69) is 20.6 Å². The summed E-state index contributed by atoms with van der Waals surface area (Å²) in [7, 11) is 0. The molecule has 0 bridgehead atoms. The van der Waals surface area contributed by atoms with Crippen molar-refractivity contribution in [2.24, 2.45) is 5.92 Å². The molecule has 3 aromatic rings. The molecule has 3 heterocycles. The van der Waals surface area contributed by atoms with E-state index in [1.807, 2.05) is 49.7 Å². The summed E-state index contributed by atoms with van der Waals surface area (Å²) in [5, 5.41) is 16.6. The number of nitrogens with zero attached hydrogens (tertiary/aromatic N) is 3. The Bertz CT molecular complexity index is 1080. The van der Waals surface area contributed by atoms with E-state index in [-0.39, 0.29) is 5.92 Å². The third kappa shape index (κ3) is 5.67. The highest BCUT2D eigenvalue weighted by Crippen LogP contribution is 2.28. The van der Waals surface area contributed by atoms with Gasteiger partial charge in [-0.3, -0.25) is 4.79 Å². The number of hydrogen-bond acceptors (Lipinski definition) is 7. The molecule has 0 aliphatic heterocycles. The highest BCUT2D eigenvalue weighted by Gasteiger charge is 2.22. The first-order valence-electron chi connectivity index (χ1n) is 10.3. The van der Waals surface area contributed by atoms with Gasteiger partial charge in [-0.05, 0) is 68.6 Å². The van der Waals surface area contributed by atoms with Crippen LogP contribution < -0.4 is 10.6 Å². The first kappa shape index (κ1) is 21.0. The van der Waals surface area contributed by atoms with Gasteiger partial charge >= 0.3 is 5.97 Å². The van der Waals surface area contributed by atoms with Gasteiger partial charge in [0.1, 0.15) is 16.6 Å². The molecule has 8 heteroatoms. The monoisotopic (exact) mass is 435 g/mol. The number of aromatic nitrogens is 3. The molecule has 3 aromatic heterocycles. The second-order valence-corrected chi connectivity index (χ2v) is 8.78. The number of nitrogens with one attached hydrogen (secondary N) is 2. The van der Waals surface area contributed by atoms with Crippen molar-refractivity contribution >= 4 is 28.9 Å². The predicted molar refractivity (Wildman–Crippen MR) is 122 cm³/mol. The topological polar surface area (TPSA) is 100 Å². The van der Waals surface area contributed by atoms with E-state index in [1.165, 1.54) is 5.57 Å². The molecule has 0 spiro atoms. The number of hydrogen-bond donors (Lipinski definition) is 3. The smallest absolute Gasteiger partial charge is 0.306 e. The molecule has 160 valence electrons. The van der Waals surface area contributed by atoms with E-state index in [1.54, 1.807) is 17.5 Å². The lowest BCUT2D eigenvalue weighted by Crippen LogP contribution is -2.18. The number of anilines is 2. The van der Waals surface area contributed by atoms with Gasteiger partial charge in [-0.2, -0.15) is 0 Å². The zero-order valence-corrected chi connectivity index (χ0v) is 18.2. The number of pyridine rings is 2. The summed E-state index contributed by atoms with van der Waals surface area (Å²) in [6.07, 6.45) is 8.77. The molecule has 0 atom stereocenters. The lowest BCUT2D eigenvalue weighted by molar-refractivity contribution is -0.142. The molecule has 31 heavy (non-hydrogen) atoms. The molecule has 1 aliphatic rings. The van der Waals surface area contributed by atoms with E-state index >= 15 is 0 Å². The van der Waals surface area contributed by atoms with Crippen LogP contribution in [-0.2, 0) is 11.3 Å². The van der Waals surface area contributed by atoms with Crippen LogP contribution in [0.25, 0.3) is 10.6 Å². The van der Waals surface area contributed by atoms with Gasteiger partial charge in [-0.15, -0.1) is 11.3 Å². The van der Waals surface area contributed by atoms with Crippen molar-refractivity contribution in [2.75, 3.05) is 5.32 Å².